The number of ether oxygens (including phenoxy) is 1. The molecule has 88 valence electrons. The molecule has 0 saturated carbocycles. The molecule has 0 spiro atoms. The maximum Gasteiger partial charge on any atom is 0.425 e. The molecule has 0 aliphatic heterocycles. The van der Waals surface area contributed by atoms with Crippen LogP contribution in [0.4, 0.5) is 16.4 Å². The summed E-state index contributed by atoms with van der Waals surface area (Å²) in [6, 6.07) is 0. The number of hydrazine groups is 1. The molecule has 9 nitrogen and oxygen atoms in total. The van der Waals surface area contributed by atoms with Crippen molar-refractivity contribution in [2.45, 2.75) is 13.8 Å². The van der Waals surface area contributed by atoms with Crippen molar-refractivity contribution in [2.24, 2.45) is 0 Å². The molecule has 3 N–H and O–H groups in total. The van der Waals surface area contributed by atoms with E-state index in [1.165, 1.54) is 6.92 Å². The Morgan fingerprint density at radius 1 is 1.38 bits per heavy atom. The highest BCUT2D eigenvalue weighted by molar-refractivity contribution is 5.90. The smallest absolute Gasteiger partial charge is 0.425 e. The SMILES string of the molecule is CCOC(=O)NNc1nonc1NC(C)=O. The summed E-state index contributed by atoms with van der Waals surface area (Å²) in [4.78, 5) is 21.7. The molecule has 1 aromatic heterocycles. The van der Waals surface area contributed by atoms with Crippen LogP contribution in [-0.4, -0.2) is 28.9 Å². The maximum atomic E-state index is 10.9. The van der Waals surface area contributed by atoms with Crippen molar-refractivity contribution in [3.63, 3.8) is 0 Å². The molecule has 0 radical (unpaired) electrons. The van der Waals surface area contributed by atoms with Crippen LogP contribution in [0.3, 0.4) is 0 Å². The lowest BCUT2D eigenvalue weighted by atomic mass is 10.6. The van der Waals surface area contributed by atoms with Crippen LogP contribution in [0.1, 0.15) is 13.8 Å². The number of nitrogens with one attached hydrogen (secondary N) is 3. The number of rotatable bonds is 4. The van der Waals surface area contributed by atoms with Gasteiger partial charge in [0.15, 0.2) is 0 Å². The Hall–Kier alpha value is -2.32. The summed E-state index contributed by atoms with van der Waals surface area (Å²) in [6.45, 7) is 3.21. The van der Waals surface area contributed by atoms with Gasteiger partial charge in [-0.2, -0.15) is 0 Å². The Bertz CT molecular complexity index is 377. The van der Waals surface area contributed by atoms with Crippen LogP contribution in [-0.2, 0) is 9.53 Å². The van der Waals surface area contributed by atoms with Crippen molar-refractivity contribution in [3.8, 4) is 0 Å². The molecule has 9 heteroatoms. The second-order valence-electron chi connectivity index (χ2n) is 2.61. The number of aromatic nitrogens is 2. The van der Waals surface area contributed by atoms with Gasteiger partial charge in [-0.05, 0) is 17.2 Å². The standard InChI is InChI=1S/C7H11N5O4/c1-3-15-7(14)10-9-6-5(8-4(2)13)11-16-12-6/h3H2,1-2H3,(H,9,12)(H,10,14)(H,8,11,13). The van der Waals surface area contributed by atoms with Crippen LogP contribution in [0.25, 0.3) is 0 Å². The van der Waals surface area contributed by atoms with Crippen LogP contribution in [0.5, 0.6) is 0 Å². The molecule has 2 amide bonds. The van der Waals surface area contributed by atoms with Gasteiger partial charge in [0.2, 0.25) is 17.5 Å². The van der Waals surface area contributed by atoms with Crippen molar-refractivity contribution in [1.82, 2.24) is 15.7 Å². The van der Waals surface area contributed by atoms with E-state index in [9.17, 15) is 9.59 Å². The highest BCUT2D eigenvalue weighted by atomic mass is 16.6. The molecule has 0 atom stereocenters. The molecule has 1 aromatic rings. The first kappa shape index (κ1) is 11.8. The predicted octanol–water partition coefficient (Wildman–Crippen LogP) is 0.101. The molecule has 16 heavy (non-hydrogen) atoms. The van der Waals surface area contributed by atoms with Crippen LogP contribution >= 0.6 is 0 Å². The second-order valence-corrected chi connectivity index (χ2v) is 2.61. The van der Waals surface area contributed by atoms with Gasteiger partial charge in [-0.3, -0.25) is 10.2 Å². The summed E-state index contributed by atoms with van der Waals surface area (Å²) < 4.78 is 8.95. The Balaban J connectivity index is 2.50. The number of hydrogen-bond donors (Lipinski definition) is 3. The predicted molar refractivity (Wildman–Crippen MR) is 52.4 cm³/mol. The first-order valence-electron chi connectivity index (χ1n) is 4.42. The summed E-state index contributed by atoms with van der Waals surface area (Å²) in [5.74, 6) is -0.192. The van der Waals surface area contributed by atoms with Gasteiger partial charge in [-0.15, -0.1) is 0 Å². The van der Waals surface area contributed by atoms with E-state index in [4.69, 9.17) is 0 Å². The van der Waals surface area contributed by atoms with Gasteiger partial charge < -0.3 is 10.1 Å². The van der Waals surface area contributed by atoms with E-state index in [1.807, 2.05) is 0 Å². The summed E-state index contributed by atoms with van der Waals surface area (Å²) in [7, 11) is 0. The average Bonchev–Trinajstić information content (AvgIpc) is 2.62. The minimum Gasteiger partial charge on any atom is -0.449 e. The van der Waals surface area contributed by atoms with Crippen LogP contribution in [0.15, 0.2) is 4.63 Å². The van der Waals surface area contributed by atoms with Gasteiger partial charge in [-0.1, -0.05) is 0 Å². The summed E-state index contributed by atoms with van der Waals surface area (Å²) in [6.07, 6.45) is -0.681. The number of carbonyl (C=O) groups excluding carboxylic acids is 2. The molecule has 0 saturated heterocycles. The fourth-order valence-electron chi connectivity index (χ4n) is 0.797. The fourth-order valence-corrected chi connectivity index (χ4v) is 0.797. The van der Waals surface area contributed by atoms with Crippen molar-refractivity contribution in [3.05, 3.63) is 0 Å². The minimum atomic E-state index is -0.681. The Morgan fingerprint density at radius 2 is 2.06 bits per heavy atom. The van der Waals surface area contributed by atoms with Crippen molar-refractivity contribution in [2.75, 3.05) is 17.3 Å². The van der Waals surface area contributed by atoms with Crippen molar-refractivity contribution >= 4 is 23.6 Å². The highest BCUT2D eigenvalue weighted by Crippen LogP contribution is 2.13. The molecular formula is C7H11N5O4. The molecule has 1 heterocycles. The van der Waals surface area contributed by atoms with Gasteiger partial charge in [0.1, 0.15) is 0 Å². The number of amides is 2. The largest absolute Gasteiger partial charge is 0.449 e. The van der Waals surface area contributed by atoms with Gasteiger partial charge in [-0.25, -0.2) is 14.8 Å². The lowest BCUT2D eigenvalue weighted by Gasteiger charge is -2.05. The molecular weight excluding hydrogens is 218 g/mol. The second kappa shape index (κ2) is 5.53. The van der Waals surface area contributed by atoms with E-state index in [2.05, 4.69) is 35.8 Å². The van der Waals surface area contributed by atoms with Crippen molar-refractivity contribution in [1.29, 1.82) is 0 Å². The lowest BCUT2D eigenvalue weighted by molar-refractivity contribution is -0.114. The first-order chi connectivity index (χ1) is 7.63. The molecule has 0 aromatic carbocycles. The lowest BCUT2D eigenvalue weighted by Crippen LogP contribution is -2.30. The Morgan fingerprint density at radius 3 is 2.69 bits per heavy atom. The third kappa shape index (κ3) is 3.44. The van der Waals surface area contributed by atoms with Gasteiger partial charge in [0.05, 0.1) is 6.61 Å². The van der Waals surface area contributed by atoms with Gasteiger partial charge >= 0.3 is 6.09 Å². The van der Waals surface area contributed by atoms with E-state index < -0.39 is 6.09 Å². The quantitative estimate of drug-likeness (QED) is 0.626. The topological polar surface area (TPSA) is 118 Å². The van der Waals surface area contributed by atoms with Crippen molar-refractivity contribution < 1.29 is 19.0 Å². The number of carbonyl (C=O) groups is 2. The molecule has 0 aliphatic rings. The number of nitrogens with zero attached hydrogens (tertiary/aromatic N) is 2. The summed E-state index contributed by atoms with van der Waals surface area (Å²) in [5.41, 5.74) is 4.55. The first-order valence-corrected chi connectivity index (χ1v) is 4.42. The summed E-state index contributed by atoms with van der Waals surface area (Å²) >= 11 is 0. The minimum absolute atomic E-state index is 0.0725. The molecule has 0 fully saturated rings. The van der Waals surface area contributed by atoms with E-state index in [-0.39, 0.29) is 24.1 Å². The average molecular weight is 229 g/mol. The van der Waals surface area contributed by atoms with Crippen LogP contribution in [0.2, 0.25) is 0 Å². The van der Waals surface area contributed by atoms with E-state index in [0.717, 1.165) is 0 Å². The normalized spacial score (nSPS) is 9.38. The molecule has 1 rings (SSSR count). The van der Waals surface area contributed by atoms with Gasteiger partial charge in [0, 0.05) is 6.92 Å². The Kier molecular flexibility index (Phi) is 4.07. The van der Waals surface area contributed by atoms with E-state index in [1.54, 1.807) is 6.92 Å². The highest BCUT2D eigenvalue weighted by Gasteiger charge is 2.11. The third-order valence-electron chi connectivity index (χ3n) is 1.34. The zero-order valence-corrected chi connectivity index (χ0v) is 8.73. The van der Waals surface area contributed by atoms with E-state index >= 15 is 0 Å². The number of anilines is 2. The number of hydrogen-bond acceptors (Lipinski definition) is 7. The zero-order chi connectivity index (χ0) is 12.0. The third-order valence-corrected chi connectivity index (χ3v) is 1.34. The van der Waals surface area contributed by atoms with Crippen LogP contribution < -0.4 is 16.2 Å². The molecule has 0 aliphatic carbocycles. The summed E-state index contributed by atoms with van der Waals surface area (Å²) in [5, 5.41) is 9.17. The van der Waals surface area contributed by atoms with Gasteiger partial charge in [0.25, 0.3) is 0 Å². The fraction of sp³-hybridized carbons (Fsp3) is 0.429. The zero-order valence-electron chi connectivity index (χ0n) is 8.73. The molecule has 0 bridgehead atoms. The monoisotopic (exact) mass is 229 g/mol. The van der Waals surface area contributed by atoms with Crippen LogP contribution in [0, 0.1) is 0 Å². The van der Waals surface area contributed by atoms with E-state index in [0.29, 0.717) is 0 Å². The Labute approximate surface area is 90.4 Å². The molecule has 0 unspecified atom stereocenters. The maximum absolute atomic E-state index is 10.9.